The zero-order valence-corrected chi connectivity index (χ0v) is 18.1. The van der Waals surface area contributed by atoms with Crippen LogP contribution in [0.1, 0.15) is 18.1 Å². The molecule has 0 saturated heterocycles. The van der Waals surface area contributed by atoms with Crippen molar-refractivity contribution < 1.29 is 4.74 Å². The number of hydrazone groups is 1. The molecule has 0 unspecified atom stereocenters. The standard InChI is InChI=1S/C22H23N7O.ClH/c1-3-23-12-16-7-9-17(10-8-16)13-26-28-21-20-14-27-29(22(20)25-15-24-21)18-5-4-6-19(11-18)30-2;/h4-11,13-15,23H,3,12H2,1-2H3,(H,24,25,28);1H. The molecule has 0 aliphatic heterocycles. The molecule has 0 radical (unpaired) electrons. The molecule has 0 fully saturated rings. The van der Waals surface area contributed by atoms with Crippen molar-refractivity contribution in [2.24, 2.45) is 5.10 Å². The SMILES string of the molecule is CCNCc1ccc(C=NNc2ncnc3c2cnn3-c2cccc(OC)c2)cc1.Cl. The molecule has 0 spiro atoms. The van der Waals surface area contributed by atoms with Crippen LogP contribution < -0.4 is 15.5 Å². The number of rotatable bonds is 8. The van der Waals surface area contributed by atoms with Gasteiger partial charge in [0.05, 0.1) is 30.6 Å². The highest BCUT2D eigenvalue weighted by Gasteiger charge is 2.11. The summed E-state index contributed by atoms with van der Waals surface area (Å²) in [5.41, 5.74) is 6.78. The summed E-state index contributed by atoms with van der Waals surface area (Å²) in [7, 11) is 1.64. The third-order valence-electron chi connectivity index (χ3n) is 4.61. The summed E-state index contributed by atoms with van der Waals surface area (Å²) in [5.74, 6) is 1.35. The van der Waals surface area contributed by atoms with Gasteiger partial charge in [0.15, 0.2) is 11.5 Å². The molecule has 0 aliphatic carbocycles. The van der Waals surface area contributed by atoms with Crippen molar-refractivity contribution in [2.45, 2.75) is 13.5 Å². The Hall–Kier alpha value is -3.49. The Labute approximate surface area is 186 Å². The van der Waals surface area contributed by atoms with Gasteiger partial charge in [-0.3, -0.25) is 5.43 Å². The second-order valence-electron chi connectivity index (χ2n) is 6.61. The van der Waals surface area contributed by atoms with E-state index in [1.54, 1.807) is 24.2 Å². The van der Waals surface area contributed by atoms with Gasteiger partial charge in [0.1, 0.15) is 12.1 Å². The van der Waals surface area contributed by atoms with E-state index in [0.717, 1.165) is 35.5 Å². The molecule has 9 heteroatoms. The number of benzene rings is 2. The van der Waals surface area contributed by atoms with E-state index in [1.807, 2.05) is 36.4 Å². The molecule has 2 aromatic heterocycles. The molecule has 8 nitrogen and oxygen atoms in total. The Morgan fingerprint density at radius 2 is 1.97 bits per heavy atom. The van der Waals surface area contributed by atoms with E-state index in [1.165, 1.54) is 11.9 Å². The lowest BCUT2D eigenvalue weighted by Gasteiger charge is -2.06. The van der Waals surface area contributed by atoms with Crippen LogP contribution in [0.3, 0.4) is 0 Å². The Morgan fingerprint density at radius 3 is 2.74 bits per heavy atom. The van der Waals surface area contributed by atoms with Crippen LogP contribution in [0, 0.1) is 0 Å². The first-order chi connectivity index (χ1) is 14.8. The van der Waals surface area contributed by atoms with Gasteiger partial charge in [0, 0.05) is 12.6 Å². The van der Waals surface area contributed by atoms with Crippen LogP contribution in [0.4, 0.5) is 5.82 Å². The van der Waals surface area contributed by atoms with Crippen LogP contribution in [0.15, 0.2) is 66.2 Å². The summed E-state index contributed by atoms with van der Waals surface area (Å²) in [5, 5.41) is 12.9. The van der Waals surface area contributed by atoms with Crippen molar-refractivity contribution >= 4 is 35.5 Å². The van der Waals surface area contributed by atoms with Gasteiger partial charge in [0.25, 0.3) is 0 Å². The molecular weight excluding hydrogens is 414 g/mol. The minimum Gasteiger partial charge on any atom is -0.497 e. The first-order valence-electron chi connectivity index (χ1n) is 9.70. The quantitative estimate of drug-likeness (QED) is 0.322. The molecule has 0 saturated carbocycles. The van der Waals surface area contributed by atoms with E-state index in [0.29, 0.717) is 11.5 Å². The predicted octanol–water partition coefficient (Wildman–Crippen LogP) is 3.80. The zero-order valence-electron chi connectivity index (χ0n) is 17.3. The number of fused-ring (bicyclic) bond motifs is 1. The van der Waals surface area contributed by atoms with Gasteiger partial charge in [-0.15, -0.1) is 12.4 Å². The number of methoxy groups -OCH3 is 1. The smallest absolute Gasteiger partial charge is 0.168 e. The molecule has 2 aromatic carbocycles. The molecule has 0 atom stereocenters. The van der Waals surface area contributed by atoms with Gasteiger partial charge in [-0.1, -0.05) is 37.3 Å². The van der Waals surface area contributed by atoms with E-state index in [2.05, 4.69) is 50.0 Å². The maximum atomic E-state index is 5.30. The number of nitrogens with one attached hydrogen (secondary N) is 2. The minimum atomic E-state index is 0. The molecular formula is C22H24ClN7O. The van der Waals surface area contributed by atoms with E-state index >= 15 is 0 Å². The molecule has 4 aromatic rings. The Balaban J connectivity index is 0.00000272. The maximum Gasteiger partial charge on any atom is 0.168 e. The van der Waals surface area contributed by atoms with Crippen molar-refractivity contribution in [1.29, 1.82) is 0 Å². The molecule has 0 amide bonds. The number of ether oxygens (including phenoxy) is 1. The van der Waals surface area contributed by atoms with Crippen molar-refractivity contribution in [1.82, 2.24) is 25.1 Å². The lowest BCUT2D eigenvalue weighted by atomic mass is 10.1. The number of nitrogens with zero attached hydrogens (tertiary/aromatic N) is 5. The third kappa shape index (κ3) is 5.17. The fourth-order valence-corrected chi connectivity index (χ4v) is 3.02. The van der Waals surface area contributed by atoms with Crippen LogP contribution in [0.25, 0.3) is 16.7 Å². The first kappa shape index (κ1) is 22.2. The third-order valence-corrected chi connectivity index (χ3v) is 4.61. The summed E-state index contributed by atoms with van der Waals surface area (Å²) < 4.78 is 7.05. The summed E-state index contributed by atoms with van der Waals surface area (Å²) >= 11 is 0. The lowest BCUT2D eigenvalue weighted by Crippen LogP contribution is -2.11. The molecule has 31 heavy (non-hydrogen) atoms. The van der Waals surface area contributed by atoms with Crippen LogP contribution in [0.5, 0.6) is 5.75 Å². The Kier molecular flexibility index (Phi) is 7.53. The van der Waals surface area contributed by atoms with Gasteiger partial charge in [0.2, 0.25) is 0 Å². The minimum absolute atomic E-state index is 0. The molecule has 2 N–H and O–H groups in total. The molecule has 0 bridgehead atoms. The van der Waals surface area contributed by atoms with Crippen LogP contribution >= 0.6 is 12.4 Å². The summed E-state index contributed by atoms with van der Waals surface area (Å²) in [6.07, 6.45) is 4.98. The van der Waals surface area contributed by atoms with Crippen LogP contribution in [-0.4, -0.2) is 39.6 Å². The molecule has 160 valence electrons. The molecule has 2 heterocycles. The Morgan fingerprint density at radius 1 is 1.13 bits per heavy atom. The number of halogens is 1. The first-order valence-corrected chi connectivity index (χ1v) is 9.70. The average Bonchev–Trinajstić information content (AvgIpc) is 3.24. The normalized spacial score (nSPS) is 10.9. The predicted molar refractivity (Wildman–Crippen MR) is 125 cm³/mol. The summed E-state index contributed by atoms with van der Waals surface area (Å²) in [4.78, 5) is 8.69. The number of hydrogen-bond donors (Lipinski definition) is 2. The van der Waals surface area contributed by atoms with E-state index in [4.69, 9.17) is 4.74 Å². The van der Waals surface area contributed by atoms with Crippen LogP contribution in [0.2, 0.25) is 0 Å². The topological polar surface area (TPSA) is 89.3 Å². The number of hydrogen-bond acceptors (Lipinski definition) is 7. The van der Waals surface area contributed by atoms with Gasteiger partial charge in [-0.2, -0.15) is 10.2 Å². The fraction of sp³-hybridized carbons (Fsp3) is 0.182. The molecule has 4 rings (SSSR count). The number of anilines is 1. The fourth-order valence-electron chi connectivity index (χ4n) is 3.02. The van der Waals surface area contributed by atoms with E-state index in [-0.39, 0.29) is 12.4 Å². The lowest BCUT2D eigenvalue weighted by molar-refractivity contribution is 0.414. The summed E-state index contributed by atoms with van der Waals surface area (Å²) in [6, 6.07) is 15.9. The average molecular weight is 438 g/mol. The maximum absolute atomic E-state index is 5.30. The number of aromatic nitrogens is 4. The monoisotopic (exact) mass is 437 g/mol. The zero-order chi connectivity index (χ0) is 20.8. The second kappa shape index (κ2) is 10.5. The summed E-state index contributed by atoms with van der Waals surface area (Å²) in [6.45, 7) is 3.91. The van der Waals surface area contributed by atoms with Crippen molar-refractivity contribution in [3.63, 3.8) is 0 Å². The Bertz CT molecular complexity index is 1160. The van der Waals surface area contributed by atoms with Gasteiger partial charge >= 0.3 is 0 Å². The molecule has 0 aliphatic rings. The van der Waals surface area contributed by atoms with Gasteiger partial charge < -0.3 is 10.1 Å². The highest BCUT2D eigenvalue weighted by molar-refractivity contribution is 5.88. The highest BCUT2D eigenvalue weighted by Crippen LogP contribution is 2.23. The van der Waals surface area contributed by atoms with Crippen molar-refractivity contribution in [2.75, 3.05) is 19.1 Å². The van der Waals surface area contributed by atoms with Crippen molar-refractivity contribution in [3.05, 3.63) is 72.2 Å². The van der Waals surface area contributed by atoms with Crippen molar-refractivity contribution in [3.8, 4) is 11.4 Å². The van der Waals surface area contributed by atoms with Gasteiger partial charge in [-0.05, 0) is 29.8 Å². The highest BCUT2D eigenvalue weighted by atomic mass is 35.5. The largest absolute Gasteiger partial charge is 0.497 e. The van der Waals surface area contributed by atoms with E-state index in [9.17, 15) is 0 Å². The van der Waals surface area contributed by atoms with Crippen LogP contribution in [-0.2, 0) is 6.54 Å². The second-order valence-corrected chi connectivity index (χ2v) is 6.61. The van der Waals surface area contributed by atoms with Gasteiger partial charge in [-0.25, -0.2) is 14.6 Å². The van der Waals surface area contributed by atoms with E-state index < -0.39 is 0 Å².